The van der Waals surface area contributed by atoms with Crippen LogP contribution in [0.15, 0.2) is 53.1 Å². The summed E-state index contributed by atoms with van der Waals surface area (Å²) in [5.74, 6) is -0.323. The number of carbonyl (C=O) groups excluding carboxylic acids is 2. The quantitative estimate of drug-likeness (QED) is 0.691. The van der Waals surface area contributed by atoms with Crippen LogP contribution in [0.1, 0.15) is 31.4 Å². The first kappa shape index (κ1) is 17.3. The van der Waals surface area contributed by atoms with Crippen LogP contribution in [-0.2, 0) is 6.54 Å². The van der Waals surface area contributed by atoms with Crippen LogP contribution < -0.4 is 10.6 Å². The highest BCUT2D eigenvalue weighted by molar-refractivity contribution is 7.18. The van der Waals surface area contributed by atoms with Crippen molar-refractivity contribution < 1.29 is 14.0 Å². The summed E-state index contributed by atoms with van der Waals surface area (Å²) in [6.07, 6.45) is 1.43. The Balaban J connectivity index is 1.65. The number of anilines is 1. The van der Waals surface area contributed by atoms with Gasteiger partial charge in [-0.05, 0) is 48.4 Å². The topological polar surface area (TPSA) is 71.3 Å². The van der Waals surface area contributed by atoms with Gasteiger partial charge in [0.1, 0.15) is 0 Å². The molecule has 3 aromatic rings. The largest absolute Gasteiger partial charge is 0.459 e. The van der Waals surface area contributed by atoms with E-state index in [1.54, 1.807) is 30.3 Å². The van der Waals surface area contributed by atoms with E-state index in [4.69, 9.17) is 16.0 Å². The number of thiophene rings is 1. The maximum atomic E-state index is 12.4. The smallest absolute Gasteiger partial charge is 0.291 e. The van der Waals surface area contributed by atoms with Crippen molar-refractivity contribution in [3.05, 3.63) is 75.5 Å². The number of amides is 2. The molecule has 2 amide bonds. The second kappa shape index (κ2) is 7.55. The van der Waals surface area contributed by atoms with E-state index in [9.17, 15) is 9.59 Å². The third-order valence-corrected chi connectivity index (χ3v) is 4.83. The monoisotopic (exact) mass is 374 g/mol. The molecule has 0 aliphatic carbocycles. The summed E-state index contributed by atoms with van der Waals surface area (Å²) >= 11 is 7.16. The summed E-state index contributed by atoms with van der Waals surface area (Å²) in [6.45, 7) is 2.21. The Hall–Kier alpha value is -2.57. The number of benzene rings is 1. The molecule has 1 aromatic carbocycles. The van der Waals surface area contributed by atoms with Crippen LogP contribution >= 0.6 is 22.9 Å². The summed E-state index contributed by atoms with van der Waals surface area (Å²) in [7, 11) is 0. The van der Waals surface area contributed by atoms with Gasteiger partial charge in [-0.15, -0.1) is 11.3 Å². The number of furan rings is 1. The number of halogens is 1. The highest BCUT2D eigenvalue weighted by Gasteiger charge is 2.16. The van der Waals surface area contributed by atoms with Crippen LogP contribution in [0.5, 0.6) is 0 Å². The summed E-state index contributed by atoms with van der Waals surface area (Å²) in [5.41, 5.74) is 1.71. The van der Waals surface area contributed by atoms with E-state index in [1.165, 1.54) is 17.6 Å². The molecule has 0 unspecified atom stereocenters. The summed E-state index contributed by atoms with van der Waals surface area (Å²) < 4.78 is 5.05. The van der Waals surface area contributed by atoms with Gasteiger partial charge in [0.2, 0.25) is 0 Å². The molecule has 0 aliphatic heterocycles. The molecule has 0 saturated heterocycles. The first-order chi connectivity index (χ1) is 12.0. The van der Waals surface area contributed by atoms with Crippen LogP contribution in [0.4, 0.5) is 5.00 Å². The van der Waals surface area contributed by atoms with Gasteiger partial charge in [-0.25, -0.2) is 0 Å². The molecule has 0 radical (unpaired) electrons. The Bertz CT molecular complexity index is 903. The van der Waals surface area contributed by atoms with Crippen LogP contribution in [0.3, 0.4) is 0 Å². The van der Waals surface area contributed by atoms with Crippen molar-refractivity contribution in [2.24, 2.45) is 0 Å². The van der Waals surface area contributed by atoms with Crippen molar-refractivity contribution in [1.29, 1.82) is 0 Å². The first-order valence-electron chi connectivity index (χ1n) is 7.51. The van der Waals surface area contributed by atoms with Gasteiger partial charge in [-0.1, -0.05) is 23.7 Å². The molecule has 5 nitrogen and oxygen atoms in total. The van der Waals surface area contributed by atoms with Crippen molar-refractivity contribution >= 4 is 39.8 Å². The van der Waals surface area contributed by atoms with Gasteiger partial charge in [0, 0.05) is 11.6 Å². The van der Waals surface area contributed by atoms with Gasteiger partial charge in [0.25, 0.3) is 11.8 Å². The van der Waals surface area contributed by atoms with Gasteiger partial charge in [0.15, 0.2) is 5.76 Å². The normalized spacial score (nSPS) is 10.5. The van der Waals surface area contributed by atoms with Crippen molar-refractivity contribution in [3.8, 4) is 0 Å². The van der Waals surface area contributed by atoms with Crippen molar-refractivity contribution in [3.63, 3.8) is 0 Å². The predicted molar refractivity (Wildman–Crippen MR) is 98.3 cm³/mol. The van der Waals surface area contributed by atoms with E-state index in [-0.39, 0.29) is 17.6 Å². The minimum absolute atomic E-state index is 0.194. The molecular formula is C18H15ClN2O3S. The highest BCUT2D eigenvalue weighted by atomic mass is 35.5. The molecule has 2 N–H and O–H groups in total. The number of nitrogens with one attached hydrogen (secondary N) is 2. The average Bonchev–Trinajstić information content (AvgIpc) is 3.22. The fraction of sp³-hybridized carbons (Fsp3) is 0.111. The predicted octanol–water partition coefficient (Wildman–Crippen LogP) is 4.49. The van der Waals surface area contributed by atoms with Crippen LogP contribution in [0.2, 0.25) is 5.02 Å². The molecule has 0 saturated carbocycles. The fourth-order valence-electron chi connectivity index (χ4n) is 2.26. The van der Waals surface area contributed by atoms with Crippen molar-refractivity contribution in [1.82, 2.24) is 5.32 Å². The number of hydrogen-bond acceptors (Lipinski definition) is 4. The molecule has 2 aromatic heterocycles. The van der Waals surface area contributed by atoms with Crippen molar-refractivity contribution in [2.45, 2.75) is 13.5 Å². The molecule has 25 heavy (non-hydrogen) atoms. The van der Waals surface area contributed by atoms with Crippen LogP contribution in [0.25, 0.3) is 0 Å². The van der Waals surface area contributed by atoms with E-state index in [2.05, 4.69) is 10.6 Å². The van der Waals surface area contributed by atoms with Gasteiger partial charge in [-0.3, -0.25) is 9.59 Å². The Morgan fingerprint density at radius 3 is 2.72 bits per heavy atom. The average molecular weight is 375 g/mol. The van der Waals surface area contributed by atoms with E-state index in [0.717, 1.165) is 11.1 Å². The fourth-order valence-corrected chi connectivity index (χ4v) is 3.46. The zero-order valence-electron chi connectivity index (χ0n) is 13.3. The minimum Gasteiger partial charge on any atom is -0.459 e. The number of aryl methyl sites for hydroxylation is 1. The molecule has 128 valence electrons. The summed E-state index contributed by atoms with van der Waals surface area (Å²) in [5, 5.41) is 6.81. The lowest BCUT2D eigenvalue weighted by Gasteiger charge is -2.05. The molecule has 0 spiro atoms. The maximum absolute atomic E-state index is 12.4. The lowest BCUT2D eigenvalue weighted by molar-refractivity contribution is 0.0953. The Morgan fingerprint density at radius 2 is 2.00 bits per heavy atom. The molecule has 3 rings (SSSR count). The third kappa shape index (κ3) is 4.29. The van der Waals surface area contributed by atoms with Crippen molar-refractivity contribution in [2.75, 3.05) is 5.32 Å². The Kier molecular flexibility index (Phi) is 5.21. The van der Waals surface area contributed by atoms with Crippen LogP contribution in [0, 0.1) is 6.92 Å². The van der Waals surface area contributed by atoms with E-state index < -0.39 is 0 Å². The van der Waals surface area contributed by atoms with Gasteiger partial charge in [0.05, 0.1) is 16.1 Å². The number of rotatable bonds is 5. The zero-order chi connectivity index (χ0) is 17.8. The first-order valence-corrected chi connectivity index (χ1v) is 8.70. The van der Waals surface area contributed by atoms with E-state index in [0.29, 0.717) is 21.4 Å². The van der Waals surface area contributed by atoms with E-state index >= 15 is 0 Å². The molecule has 0 fully saturated rings. The lowest BCUT2D eigenvalue weighted by Crippen LogP contribution is -2.22. The lowest BCUT2D eigenvalue weighted by atomic mass is 10.2. The van der Waals surface area contributed by atoms with E-state index in [1.807, 2.05) is 19.1 Å². The molecule has 7 heteroatoms. The molecular weight excluding hydrogens is 360 g/mol. The second-order valence-corrected chi connectivity index (χ2v) is 6.86. The van der Waals surface area contributed by atoms with Crippen LogP contribution in [-0.4, -0.2) is 11.8 Å². The summed E-state index contributed by atoms with van der Waals surface area (Å²) in [4.78, 5) is 24.9. The summed E-state index contributed by atoms with van der Waals surface area (Å²) in [6, 6.07) is 12.3. The van der Waals surface area contributed by atoms with Gasteiger partial charge < -0.3 is 15.1 Å². The van der Waals surface area contributed by atoms with Gasteiger partial charge >= 0.3 is 0 Å². The SMILES string of the molecule is Cc1cc(NC(=O)c2ccco2)sc1C(=O)NCc1cccc(Cl)c1. The minimum atomic E-state index is -0.350. The molecule has 0 bridgehead atoms. The molecule has 2 heterocycles. The maximum Gasteiger partial charge on any atom is 0.291 e. The zero-order valence-corrected chi connectivity index (χ0v) is 14.9. The second-order valence-electron chi connectivity index (χ2n) is 5.37. The third-order valence-electron chi connectivity index (χ3n) is 3.45. The highest BCUT2D eigenvalue weighted by Crippen LogP contribution is 2.27. The molecule has 0 atom stereocenters. The van der Waals surface area contributed by atoms with Gasteiger partial charge in [-0.2, -0.15) is 0 Å². The standard InChI is InChI=1S/C18H15ClN2O3S/c1-11-8-15(21-17(22)14-6-3-7-24-14)25-16(11)18(23)20-10-12-4-2-5-13(19)9-12/h2-9H,10H2,1H3,(H,20,23)(H,21,22). The molecule has 0 aliphatic rings. The Morgan fingerprint density at radius 1 is 1.16 bits per heavy atom. The number of carbonyl (C=O) groups is 2. The Labute approximate surface area is 153 Å². The number of hydrogen-bond donors (Lipinski definition) is 2.